The van der Waals surface area contributed by atoms with Crippen LogP contribution in [0, 0.1) is 11.7 Å². The Hall–Kier alpha value is -4.91. The van der Waals surface area contributed by atoms with Gasteiger partial charge in [0.15, 0.2) is 0 Å². The Morgan fingerprint density at radius 1 is 1.08 bits per heavy atom. The van der Waals surface area contributed by atoms with Crippen molar-refractivity contribution in [3.05, 3.63) is 77.2 Å². The molecule has 4 atom stereocenters. The Bertz CT molecular complexity index is 1750. The largest absolute Gasteiger partial charge is 0.483 e. The Morgan fingerprint density at radius 3 is 2.54 bits per heavy atom. The van der Waals surface area contributed by atoms with E-state index in [4.69, 9.17) is 9.90 Å². The molecular weight excluding hydrogens is 646 g/mol. The number of fused-ring (bicyclic) bond motifs is 1. The van der Waals surface area contributed by atoms with Crippen molar-refractivity contribution in [2.24, 2.45) is 5.92 Å². The Morgan fingerprint density at radius 2 is 1.84 bits per heavy atom. The molecule has 3 aliphatic rings. The summed E-state index contributed by atoms with van der Waals surface area (Å²) in [5, 5.41) is 13.0. The van der Waals surface area contributed by atoms with Gasteiger partial charge in [0, 0.05) is 36.6 Å². The molecule has 2 aliphatic heterocycles. The predicted octanol–water partition coefficient (Wildman–Crippen LogP) is 4.18. The number of amides is 3. The van der Waals surface area contributed by atoms with Gasteiger partial charge in [0.1, 0.15) is 23.7 Å². The lowest BCUT2D eigenvalue weighted by molar-refractivity contribution is -0.138. The van der Waals surface area contributed by atoms with E-state index in [2.05, 4.69) is 69.9 Å². The van der Waals surface area contributed by atoms with Gasteiger partial charge in [-0.05, 0) is 93.7 Å². The van der Waals surface area contributed by atoms with Crippen LogP contribution in [0.15, 0.2) is 54.6 Å². The van der Waals surface area contributed by atoms with Crippen molar-refractivity contribution in [3.8, 4) is 0 Å². The highest BCUT2D eigenvalue weighted by Gasteiger charge is 2.40. The topological polar surface area (TPSA) is 135 Å². The van der Waals surface area contributed by atoms with Gasteiger partial charge in [-0.1, -0.05) is 24.3 Å². The number of hydrogen-bond donors (Lipinski definition) is 3. The lowest BCUT2D eigenvalue weighted by atomic mass is 9.98. The number of allylic oxidation sites excluding steroid dienone is 1. The second kappa shape index (κ2) is 16.2. The number of nitrogens with one attached hydrogen (secondary N) is 2. The summed E-state index contributed by atoms with van der Waals surface area (Å²) in [6, 6.07) is 12.5. The highest BCUT2D eigenvalue weighted by Crippen LogP contribution is 2.33. The number of likely N-dealkylation sites (tertiary alicyclic amines) is 1. The fourth-order valence-electron chi connectivity index (χ4n) is 6.48. The predicted molar refractivity (Wildman–Crippen MR) is 187 cm³/mol. The maximum atomic E-state index is 14.7. The number of hydrogen-bond acceptors (Lipinski definition) is 7. The zero-order valence-electron chi connectivity index (χ0n) is 28.5. The Balaban J connectivity index is 0.00000156. The van der Waals surface area contributed by atoms with E-state index in [1.165, 1.54) is 42.0 Å². The maximum Gasteiger partial charge on any atom is 0.290 e. The van der Waals surface area contributed by atoms with Gasteiger partial charge in [0.05, 0.1) is 24.6 Å². The average Bonchev–Trinajstić information content (AvgIpc) is 3.63. The van der Waals surface area contributed by atoms with Gasteiger partial charge in [0.2, 0.25) is 11.8 Å². The highest BCUT2D eigenvalue weighted by molar-refractivity contribution is 5.97. The number of pyridine rings is 1. The second-order valence-electron chi connectivity index (χ2n) is 13.3. The van der Waals surface area contributed by atoms with Crippen molar-refractivity contribution in [1.29, 1.82) is 0 Å². The molecule has 0 radical (unpaired) electrons. The molecule has 6 rings (SSSR count). The summed E-state index contributed by atoms with van der Waals surface area (Å²) in [6.07, 6.45) is 6.32. The summed E-state index contributed by atoms with van der Waals surface area (Å²) in [6.45, 7) is 2.89. The van der Waals surface area contributed by atoms with Gasteiger partial charge in [-0.2, -0.15) is 0 Å². The fraction of sp³-hybridized carbons (Fsp3) is 0.432. The lowest BCUT2D eigenvalue weighted by Crippen LogP contribution is -2.49. The number of anilines is 1. The third kappa shape index (κ3) is 9.00. The summed E-state index contributed by atoms with van der Waals surface area (Å²) >= 11 is 0. The third-order valence-electron chi connectivity index (χ3n) is 9.48. The van der Waals surface area contributed by atoms with Gasteiger partial charge in [0.25, 0.3) is 12.4 Å². The van der Waals surface area contributed by atoms with Crippen molar-refractivity contribution in [1.82, 2.24) is 25.4 Å². The summed E-state index contributed by atoms with van der Waals surface area (Å²) in [5.74, 6) is -1.41. The first kappa shape index (κ1) is 36.4. The van der Waals surface area contributed by atoms with E-state index in [1.807, 2.05) is 6.92 Å². The molecule has 1 aliphatic carbocycles. The first-order chi connectivity index (χ1) is 24.0. The number of alkyl halides is 1. The SMILES string of the molecule is C[C@H](NC(=O)[C@@H]1C[C@@H](F)CN1C(=O)CNC(=O)c1ccc2cc(F)ccc2n1)c1cc(N2CC[C@H](N(C)C)C2)ccc1/C=C/C1CC1.O=CO. The minimum atomic E-state index is -1.36. The van der Waals surface area contributed by atoms with E-state index >= 15 is 0 Å². The molecule has 0 spiro atoms. The number of halogens is 2. The van der Waals surface area contributed by atoms with Gasteiger partial charge in [-0.3, -0.25) is 19.2 Å². The molecule has 3 heterocycles. The average molecular weight is 691 g/mol. The van der Waals surface area contributed by atoms with Crippen molar-refractivity contribution < 1.29 is 33.1 Å². The summed E-state index contributed by atoms with van der Waals surface area (Å²) in [4.78, 5) is 58.0. The van der Waals surface area contributed by atoms with Crippen LogP contribution in [0.25, 0.3) is 17.0 Å². The van der Waals surface area contributed by atoms with E-state index in [9.17, 15) is 23.2 Å². The molecule has 3 aromatic rings. The van der Waals surface area contributed by atoms with Crippen LogP contribution in [0.3, 0.4) is 0 Å². The molecule has 1 aromatic heterocycles. The molecular formula is C37H44F2N6O5. The van der Waals surface area contributed by atoms with Crippen LogP contribution >= 0.6 is 0 Å². The van der Waals surface area contributed by atoms with E-state index in [0.29, 0.717) is 22.9 Å². The van der Waals surface area contributed by atoms with Crippen LogP contribution in [0.4, 0.5) is 14.5 Å². The molecule has 13 heteroatoms. The van der Waals surface area contributed by atoms with Crippen molar-refractivity contribution in [2.75, 3.05) is 45.2 Å². The number of rotatable bonds is 10. The number of aromatic nitrogens is 1. The monoisotopic (exact) mass is 690 g/mol. The number of carbonyl (C=O) groups is 4. The first-order valence-corrected chi connectivity index (χ1v) is 16.9. The number of carbonyl (C=O) groups excluding carboxylic acids is 3. The van der Waals surface area contributed by atoms with Crippen LogP contribution in [0.5, 0.6) is 0 Å². The number of likely N-dealkylation sites (N-methyl/N-ethyl adjacent to an activating group) is 1. The number of carboxylic acid groups (broad SMARTS) is 1. The van der Waals surface area contributed by atoms with E-state index < -0.39 is 48.3 Å². The van der Waals surface area contributed by atoms with Gasteiger partial charge in [-0.15, -0.1) is 0 Å². The van der Waals surface area contributed by atoms with Crippen molar-refractivity contribution in [3.63, 3.8) is 0 Å². The van der Waals surface area contributed by atoms with E-state index in [0.717, 1.165) is 36.3 Å². The minimum Gasteiger partial charge on any atom is -0.483 e. The molecule has 50 heavy (non-hydrogen) atoms. The van der Waals surface area contributed by atoms with Crippen LogP contribution in [0.1, 0.15) is 60.3 Å². The fourth-order valence-corrected chi connectivity index (χ4v) is 6.48. The lowest BCUT2D eigenvalue weighted by Gasteiger charge is -2.27. The van der Waals surface area contributed by atoms with Crippen LogP contribution in [0.2, 0.25) is 0 Å². The van der Waals surface area contributed by atoms with Crippen LogP contribution in [-0.2, 0) is 14.4 Å². The standard InChI is InChI=1S/C36H42F2N6O3.CH2O2/c1-22(30-18-28(43-15-14-29(21-43)42(2)3)11-8-24(30)7-6-23-4-5-23)40-36(47)33-17-27(38)20-44(33)34(45)19-39-35(46)32-12-9-25-16-26(37)10-13-31(25)41-32;2-1-3/h6-13,16,18,22-23,27,29,33H,4-5,14-15,17,19-21H2,1-3H3,(H,39,46)(H,40,47);1H,(H,2,3)/b7-6+;/t22-,27+,29-,33-;/m0./s1. The van der Waals surface area contributed by atoms with E-state index in [1.54, 1.807) is 6.07 Å². The molecule has 266 valence electrons. The van der Waals surface area contributed by atoms with Crippen LogP contribution < -0.4 is 15.5 Å². The van der Waals surface area contributed by atoms with Crippen molar-refractivity contribution >= 4 is 46.9 Å². The van der Waals surface area contributed by atoms with E-state index in [-0.39, 0.29) is 25.1 Å². The van der Waals surface area contributed by atoms with Crippen LogP contribution in [-0.4, -0.2) is 103 Å². The summed E-state index contributed by atoms with van der Waals surface area (Å²) in [5.41, 5.74) is 3.58. The number of benzene rings is 2. The molecule has 3 fully saturated rings. The smallest absolute Gasteiger partial charge is 0.290 e. The van der Waals surface area contributed by atoms with Gasteiger partial charge >= 0.3 is 0 Å². The molecule has 0 bridgehead atoms. The Labute approximate surface area is 290 Å². The molecule has 3 amide bonds. The molecule has 2 saturated heterocycles. The zero-order valence-corrected chi connectivity index (χ0v) is 28.5. The summed E-state index contributed by atoms with van der Waals surface area (Å²) in [7, 11) is 4.20. The molecule has 2 aromatic carbocycles. The quantitative estimate of drug-likeness (QED) is 0.270. The maximum absolute atomic E-state index is 14.7. The van der Waals surface area contributed by atoms with Gasteiger partial charge < -0.3 is 30.4 Å². The molecule has 1 saturated carbocycles. The first-order valence-electron chi connectivity index (χ1n) is 16.9. The normalized spacial score (nSPS) is 20.9. The summed E-state index contributed by atoms with van der Waals surface area (Å²) < 4.78 is 28.2. The third-order valence-corrected chi connectivity index (χ3v) is 9.48. The Kier molecular flexibility index (Phi) is 11.8. The molecule has 11 nitrogen and oxygen atoms in total. The zero-order chi connectivity index (χ0) is 35.9. The second-order valence-corrected chi connectivity index (χ2v) is 13.3. The molecule has 3 N–H and O–H groups in total. The van der Waals surface area contributed by atoms with Gasteiger partial charge in [-0.25, -0.2) is 13.8 Å². The molecule has 0 unspecified atom stereocenters. The number of nitrogens with zero attached hydrogens (tertiary/aromatic N) is 4. The minimum absolute atomic E-state index is 0.0600. The van der Waals surface area contributed by atoms with Crippen molar-refractivity contribution in [2.45, 2.75) is 56.9 Å². The highest BCUT2D eigenvalue weighted by atomic mass is 19.1.